The summed E-state index contributed by atoms with van der Waals surface area (Å²) < 4.78 is 10.4. The molecular weight excluding hydrogens is 316 g/mol. The van der Waals surface area contributed by atoms with Crippen molar-refractivity contribution >= 4 is 11.9 Å². The van der Waals surface area contributed by atoms with Crippen LogP contribution in [0, 0.1) is 5.92 Å². The molecule has 0 aromatic heterocycles. The quantitative estimate of drug-likeness (QED) is 0.533. The lowest BCUT2D eigenvalue weighted by Gasteiger charge is -2.08. The van der Waals surface area contributed by atoms with Gasteiger partial charge >= 0.3 is 11.9 Å². The molecule has 0 aliphatic heterocycles. The molecule has 0 aliphatic rings. The molecule has 0 radical (unpaired) electrons. The molecule has 0 heterocycles. The molecular formula is C21H24O4. The van der Waals surface area contributed by atoms with Crippen LogP contribution in [0.25, 0.3) is 11.1 Å². The van der Waals surface area contributed by atoms with E-state index in [1.807, 2.05) is 24.3 Å². The van der Waals surface area contributed by atoms with Gasteiger partial charge in [0, 0.05) is 6.42 Å². The van der Waals surface area contributed by atoms with Crippen molar-refractivity contribution in [1.82, 2.24) is 0 Å². The summed E-state index contributed by atoms with van der Waals surface area (Å²) in [6.07, 6.45) is 1.20. The van der Waals surface area contributed by atoms with E-state index in [1.54, 1.807) is 31.2 Å². The zero-order valence-electron chi connectivity index (χ0n) is 15.0. The smallest absolute Gasteiger partial charge is 0.338 e. The van der Waals surface area contributed by atoms with E-state index in [4.69, 9.17) is 9.47 Å². The summed E-state index contributed by atoms with van der Waals surface area (Å²) in [5, 5.41) is 0. The second kappa shape index (κ2) is 9.02. The number of rotatable bonds is 7. The van der Waals surface area contributed by atoms with E-state index < -0.39 is 0 Å². The second-order valence-corrected chi connectivity index (χ2v) is 6.25. The largest absolute Gasteiger partial charge is 0.462 e. The third-order valence-corrected chi connectivity index (χ3v) is 3.76. The molecule has 0 atom stereocenters. The zero-order valence-corrected chi connectivity index (χ0v) is 15.0. The van der Waals surface area contributed by atoms with Crippen molar-refractivity contribution < 1.29 is 19.1 Å². The highest BCUT2D eigenvalue weighted by Gasteiger charge is 2.08. The standard InChI is InChI=1S/C21H24O4/c1-4-20(22)25-19-11-9-17(10-12-19)16-5-7-18(8-6-16)21(23)24-14-13-15(2)3/h5-12,15H,4,13-14H2,1-3H3. The third kappa shape index (κ3) is 5.75. The fraction of sp³-hybridized carbons (Fsp3) is 0.333. The first-order valence-electron chi connectivity index (χ1n) is 8.58. The minimum Gasteiger partial charge on any atom is -0.462 e. The number of carbonyl (C=O) groups excluding carboxylic acids is 2. The molecule has 0 N–H and O–H groups in total. The summed E-state index contributed by atoms with van der Waals surface area (Å²) in [7, 11) is 0. The van der Waals surface area contributed by atoms with Crippen LogP contribution in [0.1, 0.15) is 44.0 Å². The van der Waals surface area contributed by atoms with E-state index in [0.717, 1.165) is 17.5 Å². The van der Waals surface area contributed by atoms with Gasteiger partial charge in [-0.2, -0.15) is 0 Å². The van der Waals surface area contributed by atoms with Crippen molar-refractivity contribution in [3.8, 4) is 16.9 Å². The maximum absolute atomic E-state index is 12.0. The number of hydrogen-bond donors (Lipinski definition) is 0. The summed E-state index contributed by atoms with van der Waals surface area (Å²) in [5.41, 5.74) is 2.50. The van der Waals surface area contributed by atoms with Crippen molar-refractivity contribution in [2.24, 2.45) is 5.92 Å². The molecule has 0 saturated carbocycles. The van der Waals surface area contributed by atoms with Gasteiger partial charge in [0.1, 0.15) is 5.75 Å². The maximum atomic E-state index is 12.0. The first-order chi connectivity index (χ1) is 12.0. The highest BCUT2D eigenvalue weighted by Crippen LogP contribution is 2.23. The molecule has 2 aromatic carbocycles. The van der Waals surface area contributed by atoms with Crippen LogP contribution >= 0.6 is 0 Å². The average Bonchev–Trinajstić information content (AvgIpc) is 2.62. The van der Waals surface area contributed by atoms with Crippen molar-refractivity contribution in [2.75, 3.05) is 6.61 Å². The molecule has 0 aliphatic carbocycles. The third-order valence-electron chi connectivity index (χ3n) is 3.76. The van der Waals surface area contributed by atoms with Crippen LogP contribution < -0.4 is 4.74 Å². The molecule has 0 spiro atoms. The van der Waals surface area contributed by atoms with E-state index >= 15 is 0 Å². The normalized spacial score (nSPS) is 10.6. The van der Waals surface area contributed by atoms with Gasteiger partial charge in [-0.15, -0.1) is 0 Å². The molecule has 0 saturated heterocycles. The maximum Gasteiger partial charge on any atom is 0.338 e. The van der Waals surface area contributed by atoms with E-state index in [1.165, 1.54) is 0 Å². The van der Waals surface area contributed by atoms with Crippen molar-refractivity contribution in [1.29, 1.82) is 0 Å². The molecule has 0 amide bonds. The van der Waals surface area contributed by atoms with Crippen molar-refractivity contribution in [3.05, 3.63) is 54.1 Å². The summed E-state index contributed by atoms with van der Waals surface area (Å²) in [5.74, 6) is 0.484. The fourth-order valence-electron chi connectivity index (χ4n) is 2.19. The Morgan fingerprint density at radius 3 is 2.00 bits per heavy atom. The Morgan fingerprint density at radius 2 is 1.48 bits per heavy atom. The van der Waals surface area contributed by atoms with Gasteiger partial charge in [0.05, 0.1) is 12.2 Å². The van der Waals surface area contributed by atoms with Gasteiger partial charge in [-0.25, -0.2) is 4.79 Å². The van der Waals surface area contributed by atoms with Gasteiger partial charge in [0.15, 0.2) is 0 Å². The Kier molecular flexibility index (Phi) is 6.75. The van der Waals surface area contributed by atoms with Crippen LogP contribution in [0.4, 0.5) is 0 Å². The number of hydrogen-bond acceptors (Lipinski definition) is 4. The van der Waals surface area contributed by atoms with Gasteiger partial charge in [0.2, 0.25) is 0 Å². The van der Waals surface area contributed by atoms with Crippen LogP contribution in [0.3, 0.4) is 0 Å². The van der Waals surface area contributed by atoms with E-state index in [2.05, 4.69) is 13.8 Å². The monoisotopic (exact) mass is 340 g/mol. The summed E-state index contributed by atoms with van der Waals surface area (Å²) in [6.45, 7) is 6.39. The van der Waals surface area contributed by atoms with E-state index in [9.17, 15) is 9.59 Å². The van der Waals surface area contributed by atoms with Crippen molar-refractivity contribution in [3.63, 3.8) is 0 Å². The Hall–Kier alpha value is -2.62. The molecule has 2 aromatic rings. The predicted molar refractivity (Wildman–Crippen MR) is 97.5 cm³/mol. The predicted octanol–water partition coefficient (Wildman–Crippen LogP) is 4.87. The van der Waals surface area contributed by atoms with Gasteiger partial charge in [-0.05, 0) is 47.7 Å². The van der Waals surface area contributed by atoms with Crippen LogP contribution in [-0.4, -0.2) is 18.5 Å². The number of carbonyl (C=O) groups is 2. The Morgan fingerprint density at radius 1 is 0.920 bits per heavy atom. The molecule has 0 fully saturated rings. The molecule has 0 unspecified atom stereocenters. The van der Waals surface area contributed by atoms with Crippen LogP contribution in [-0.2, 0) is 9.53 Å². The molecule has 132 valence electrons. The first kappa shape index (κ1) is 18.7. The number of benzene rings is 2. The minimum absolute atomic E-state index is 0.256. The van der Waals surface area contributed by atoms with E-state index in [-0.39, 0.29) is 11.9 Å². The van der Waals surface area contributed by atoms with Crippen LogP contribution in [0.15, 0.2) is 48.5 Å². The lowest BCUT2D eigenvalue weighted by molar-refractivity contribution is -0.134. The summed E-state index contributed by atoms with van der Waals surface area (Å²) in [4.78, 5) is 23.3. The fourth-order valence-corrected chi connectivity index (χ4v) is 2.19. The Labute approximate surface area is 148 Å². The molecule has 4 nitrogen and oxygen atoms in total. The minimum atomic E-state index is -0.297. The highest BCUT2D eigenvalue weighted by atomic mass is 16.5. The highest BCUT2D eigenvalue weighted by molar-refractivity contribution is 5.90. The number of ether oxygens (including phenoxy) is 2. The number of esters is 2. The molecule has 25 heavy (non-hydrogen) atoms. The zero-order chi connectivity index (χ0) is 18.2. The lowest BCUT2D eigenvalue weighted by atomic mass is 10.0. The van der Waals surface area contributed by atoms with Gasteiger partial charge in [0.25, 0.3) is 0 Å². The van der Waals surface area contributed by atoms with Crippen molar-refractivity contribution in [2.45, 2.75) is 33.6 Å². The SMILES string of the molecule is CCC(=O)Oc1ccc(-c2ccc(C(=O)OCCC(C)C)cc2)cc1. The summed E-state index contributed by atoms with van der Waals surface area (Å²) >= 11 is 0. The van der Waals surface area contributed by atoms with Gasteiger partial charge in [-0.1, -0.05) is 45.0 Å². The molecule has 0 bridgehead atoms. The van der Waals surface area contributed by atoms with Gasteiger partial charge < -0.3 is 9.47 Å². The van der Waals surface area contributed by atoms with Crippen LogP contribution in [0.5, 0.6) is 5.75 Å². The van der Waals surface area contributed by atoms with Crippen LogP contribution in [0.2, 0.25) is 0 Å². The van der Waals surface area contributed by atoms with Gasteiger partial charge in [-0.3, -0.25) is 4.79 Å². The Bertz CT molecular complexity index is 700. The second-order valence-electron chi connectivity index (χ2n) is 6.25. The average molecular weight is 340 g/mol. The lowest BCUT2D eigenvalue weighted by Crippen LogP contribution is -2.07. The summed E-state index contributed by atoms with van der Waals surface area (Å²) in [6, 6.07) is 14.6. The topological polar surface area (TPSA) is 52.6 Å². The van der Waals surface area contributed by atoms with E-state index in [0.29, 0.717) is 30.3 Å². The molecule has 2 rings (SSSR count). The Balaban J connectivity index is 1.99. The molecule has 4 heteroatoms. The first-order valence-corrected chi connectivity index (χ1v) is 8.58.